The molecule has 1 aromatic heterocycles. The third-order valence-electron chi connectivity index (χ3n) is 3.28. The van der Waals surface area contributed by atoms with Crippen molar-refractivity contribution in [3.05, 3.63) is 22.8 Å². The summed E-state index contributed by atoms with van der Waals surface area (Å²) in [6.45, 7) is 0.884. The summed E-state index contributed by atoms with van der Waals surface area (Å²) in [5.41, 5.74) is 0. The molecule has 1 aromatic rings. The maximum absolute atomic E-state index is 5.79. The zero-order chi connectivity index (χ0) is 11.0. The van der Waals surface area contributed by atoms with Crippen molar-refractivity contribution in [1.29, 1.82) is 0 Å². The predicted octanol–water partition coefficient (Wildman–Crippen LogP) is 2.82. The van der Waals surface area contributed by atoms with Crippen LogP contribution in [-0.2, 0) is 4.74 Å². The Balaban J connectivity index is 1.66. The van der Waals surface area contributed by atoms with Crippen molar-refractivity contribution >= 4 is 21.7 Å². The fourth-order valence-electron chi connectivity index (χ4n) is 2.31. The van der Waals surface area contributed by atoms with Crippen LogP contribution in [0.1, 0.15) is 19.3 Å². The third kappa shape index (κ3) is 2.23. The highest BCUT2D eigenvalue weighted by Crippen LogP contribution is 2.39. The second-order valence-electron chi connectivity index (χ2n) is 4.57. The van der Waals surface area contributed by atoms with Gasteiger partial charge in [0.25, 0.3) is 0 Å². The number of anilines is 1. The summed E-state index contributed by atoms with van der Waals surface area (Å²) in [6, 6.07) is 4.46. The van der Waals surface area contributed by atoms with Gasteiger partial charge in [-0.3, -0.25) is 0 Å². The smallest absolute Gasteiger partial charge is 0.126 e. The van der Waals surface area contributed by atoms with Crippen LogP contribution < -0.4 is 5.32 Å². The second kappa shape index (κ2) is 4.34. The van der Waals surface area contributed by atoms with E-state index in [0.717, 1.165) is 29.2 Å². The minimum atomic E-state index is 0.408. The zero-order valence-electron chi connectivity index (χ0n) is 9.03. The molecule has 16 heavy (non-hydrogen) atoms. The molecular formula is C12H15BrN2O. The van der Waals surface area contributed by atoms with Gasteiger partial charge in [0.15, 0.2) is 0 Å². The Kier molecular flexibility index (Phi) is 2.86. The Morgan fingerprint density at radius 2 is 2.19 bits per heavy atom. The predicted molar refractivity (Wildman–Crippen MR) is 66.4 cm³/mol. The molecule has 4 heteroatoms. The van der Waals surface area contributed by atoms with Gasteiger partial charge in [0.2, 0.25) is 0 Å². The number of halogens is 1. The SMILES string of the molecule is Brc1ccc(NC2CCOC2C2CC2)nc1. The normalized spacial score (nSPS) is 29.3. The molecule has 3 rings (SSSR count). The van der Waals surface area contributed by atoms with E-state index in [2.05, 4.69) is 26.2 Å². The number of hydrogen-bond donors (Lipinski definition) is 1. The number of pyridine rings is 1. The number of hydrogen-bond acceptors (Lipinski definition) is 3. The fourth-order valence-corrected chi connectivity index (χ4v) is 2.54. The second-order valence-corrected chi connectivity index (χ2v) is 5.49. The zero-order valence-corrected chi connectivity index (χ0v) is 10.6. The van der Waals surface area contributed by atoms with Crippen molar-refractivity contribution in [2.24, 2.45) is 5.92 Å². The standard InChI is InChI=1S/C12H15BrN2O/c13-9-3-4-11(14-7-9)15-10-5-6-16-12(10)8-1-2-8/h3-4,7-8,10,12H,1-2,5-6H2,(H,14,15). The molecule has 2 unspecified atom stereocenters. The van der Waals surface area contributed by atoms with Gasteiger partial charge < -0.3 is 10.1 Å². The van der Waals surface area contributed by atoms with E-state index in [1.54, 1.807) is 0 Å². The van der Waals surface area contributed by atoms with Crippen LogP contribution in [0.15, 0.2) is 22.8 Å². The molecule has 1 aliphatic heterocycles. The lowest BCUT2D eigenvalue weighted by Crippen LogP contribution is -2.31. The molecule has 0 amide bonds. The summed E-state index contributed by atoms with van der Waals surface area (Å²) < 4.78 is 6.80. The molecule has 2 atom stereocenters. The van der Waals surface area contributed by atoms with Gasteiger partial charge in [-0.1, -0.05) is 0 Å². The first kappa shape index (κ1) is 10.5. The Bertz CT molecular complexity index is 364. The fraction of sp³-hybridized carbons (Fsp3) is 0.583. The minimum Gasteiger partial charge on any atom is -0.376 e. The molecule has 1 aliphatic carbocycles. The summed E-state index contributed by atoms with van der Waals surface area (Å²) >= 11 is 3.39. The summed E-state index contributed by atoms with van der Waals surface area (Å²) in [4.78, 5) is 4.34. The maximum Gasteiger partial charge on any atom is 0.126 e. The molecule has 0 aromatic carbocycles. The Morgan fingerprint density at radius 3 is 2.88 bits per heavy atom. The lowest BCUT2D eigenvalue weighted by atomic mass is 10.1. The van der Waals surface area contributed by atoms with Crippen molar-refractivity contribution < 1.29 is 4.74 Å². The maximum atomic E-state index is 5.79. The van der Waals surface area contributed by atoms with Crippen LogP contribution in [0.3, 0.4) is 0 Å². The average molecular weight is 283 g/mol. The van der Waals surface area contributed by atoms with Gasteiger partial charge in [-0.15, -0.1) is 0 Å². The van der Waals surface area contributed by atoms with Gasteiger partial charge in [0.1, 0.15) is 5.82 Å². The van der Waals surface area contributed by atoms with Crippen LogP contribution in [0.2, 0.25) is 0 Å². The summed E-state index contributed by atoms with van der Waals surface area (Å²) in [6.07, 6.45) is 5.99. The average Bonchev–Trinajstić information content (AvgIpc) is 3.03. The van der Waals surface area contributed by atoms with E-state index in [-0.39, 0.29) is 0 Å². The van der Waals surface area contributed by atoms with Gasteiger partial charge in [-0.05, 0) is 53.2 Å². The summed E-state index contributed by atoms with van der Waals surface area (Å²) in [5.74, 6) is 1.74. The quantitative estimate of drug-likeness (QED) is 0.926. The summed E-state index contributed by atoms with van der Waals surface area (Å²) in [7, 11) is 0. The van der Waals surface area contributed by atoms with Crippen molar-refractivity contribution in [2.45, 2.75) is 31.4 Å². The van der Waals surface area contributed by atoms with E-state index in [0.29, 0.717) is 12.1 Å². The van der Waals surface area contributed by atoms with E-state index in [1.165, 1.54) is 12.8 Å². The molecule has 0 radical (unpaired) electrons. The molecule has 2 fully saturated rings. The first-order chi connectivity index (χ1) is 7.83. The highest BCUT2D eigenvalue weighted by Gasteiger charge is 2.40. The van der Waals surface area contributed by atoms with Gasteiger partial charge in [-0.2, -0.15) is 0 Å². The molecule has 2 aliphatic rings. The molecule has 86 valence electrons. The summed E-state index contributed by atoms with van der Waals surface area (Å²) in [5, 5.41) is 3.48. The van der Waals surface area contributed by atoms with Crippen molar-refractivity contribution in [2.75, 3.05) is 11.9 Å². The van der Waals surface area contributed by atoms with Crippen molar-refractivity contribution in [1.82, 2.24) is 4.98 Å². The lowest BCUT2D eigenvalue weighted by Gasteiger charge is -2.19. The number of rotatable bonds is 3. The number of aromatic nitrogens is 1. The van der Waals surface area contributed by atoms with Gasteiger partial charge in [0.05, 0.1) is 12.1 Å². The molecule has 1 N–H and O–H groups in total. The monoisotopic (exact) mass is 282 g/mol. The van der Waals surface area contributed by atoms with E-state index in [9.17, 15) is 0 Å². The molecule has 1 saturated heterocycles. The highest BCUT2D eigenvalue weighted by molar-refractivity contribution is 9.10. The first-order valence-corrected chi connectivity index (χ1v) is 6.62. The van der Waals surface area contributed by atoms with Crippen LogP contribution in [0.25, 0.3) is 0 Å². The minimum absolute atomic E-state index is 0.408. The van der Waals surface area contributed by atoms with E-state index in [1.807, 2.05) is 18.3 Å². The number of nitrogens with zero attached hydrogens (tertiary/aromatic N) is 1. The van der Waals surface area contributed by atoms with E-state index < -0.39 is 0 Å². The van der Waals surface area contributed by atoms with Crippen LogP contribution in [0.5, 0.6) is 0 Å². The highest BCUT2D eigenvalue weighted by atomic mass is 79.9. The van der Waals surface area contributed by atoms with Crippen LogP contribution in [0, 0.1) is 5.92 Å². The third-order valence-corrected chi connectivity index (χ3v) is 3.75. The number of ether oxygens (including phenoxy) is 1. The van der Waals surface area contributed by atoms with Crippen molar-refractivity contribution in [3.63, 3.8) is 0 Å². The molecule has 2 heterocycles. The van der Waals surface area contributed by atoms with Crippen LogP contribution in [-0.4, -0.2) is 23.7 Å². The topological polar surface area (TPSA) is 34.1 Å². The van der Waals surface area contributed by atoms with Crippen LogP contribution in [0.4, 0.5) is 5.82 Å². The van der Waals surface area contributed by atoms with Crippen LogP contribution >= 0.6 is 15.9 Å². The largest absolute Gasteiger partial charge is 0.376 e. The number of nitrogens with one attached hydrogen (secondary N) is 1. The van der Waals surface area contributed by atoms with Gasteiger partial charge >= 0.3 is 0 Å². The van der Waals surface area contributed by atoms with Crippen molar-refractivity contribution in [3.8, 4) is 0 Å². The Labute approximate surface area is 104 Å². The molecular weight excluding hydrogens is 268 g/mol. The molecule has 1 saturated carbocycles. The first-order valence-electron chi connectivity index (χ1n) is 5.82. The van der Waals surface area contributed by atoms with Gasteiger partial charge in [0, 0.05) is 17.3 Å². The van der Waals surface area contributed by atoms with E-state index in [4.69, 9.17) is 4.74 Å². The Hall–Kier alpha value is -0.610. The molecule has 3 nitrogen and oxygen atoms in total. The molecule has 0 spiro atoms. The Morgan fingerprint density at radius 1 is 1.31 bits per heavy atom. The molecule has 0 bridgehead atoms. The van der Waals surface area contributed by atoms with E-state index >= 15 is 0 Å². The van der Waals surface area contributed by atoms with Gasteiger partial charge in [-0.25, -0.2) is 4.98 Å². The lowest BCUT2D eigenvalue weighted by molar-refractivity contribution is 0.0898.